The van der Waals surface area contributed by atoms with Crippen molar-refractivity contribution in [2.24, 2.45) is 0 Å². The first-order chi connectivity index (χ1) is 7.79. The lowest BCUT2D eigenvalue weighted by molar-refractivity contribution is 1.12. The van der Waals surface area contributed by atoms with Gasteiger partial charge in [0.1, 0.15) is 0 Å². The SMILES string of the molecule is C.CC.Cc1cnccn1.Cc1cnccn1. The Balaban J connectivity index is 0. The zero-order valence-electron chi connectivity index (χ0n) is 10.3. The van der Waals surface area contributed by atoms with Crippen molar-refractivity contribution in [2.75, 3.05) is 0 Å². The molecule has 2 aromatic rings. The highest BCUT2D eigenvalue weighted by Crippen LogP contribution is 1.81. The lowest BCUT2D eigenvalue weighted by atomic mass is 10.5. The highest BCUT2D eigenvalue weighted by molar-refractivity contribution is 4.89. The van der Waals surface area contributed by atoms with Crippen LogP contribution in [0.15, 0.2) is 37.2 Å². The van der Waals surface area contributed by atoms with Crippen LogP contribution in [-0.4, -0.2) is 19.9 Å². The summed E-state index contributed by atoms with van der Waals surface area (Å²) >= 11 is 0. The molecule has 2 rings (SSSR count). The van der Waals surface area contributed by atoms with Crippen LogP contribution in [0.5, 0.6) is 0 Å². The number of aryl methyl sites for hydroxylation is 2. The second kappa shape index (κ2) is 12.2. The number of hydrogen-bond acceptors (Lipinski definition) is 4. The molecular formula is C13H22N4. The van der Waals surface area contributed by atoms with Crippen molar-refractivity contribution >= 4 is 0 Å². The Morgan fingerprint density at radius 3 is 1.18 bits per heavy atom. The van der Waals surface area contributed by atoms with Gasteiger partial charge in [0.05, 0.1) is 11.4 Å². The maximum Gasteiger partial charge on any atom is 0.0555 e. The van der Waals surface area contributed by atoms with Gasteiger partial charge in [-0.05, 0) is 13.8 Å². The number of rotatable bonds is 0. The van der Waals surface area contributed by atoms with Crippen molar-refractivity contribution in [3.63, 3.8) is 0 Å². The summed E-state index contributed by atoms with van der Waals surface area (Å²) in [7, 11) is 0. The molecule has 2 aromatic heterocycles. The minimum Gasteiger partial charge on any atom is -0.261 e. The molecule has 4 nitrogen and oxygen atoms in total. The van der Waals surface area contributed by atoms with Gasteiger partial charge >= 0.3 is 0 Å². The molecule has 2 heterocycles. The molecule has 94 valence electrons. The van der Waals surface area contributed by atoms with Gasteiger partial charge in [0.15, 0.2) is 0 Å². The molecule has 4 heteroatoms. The van der Waals surface area contributed by atoms with Gasteiger partial charge in [-0.15, -0.1) is 0 Å². The summed E-state index contributed by atoms with van der Waals surface area (Å²) < 4.78 is 0. The van der Waals surface area contributed by atoms with E-state index in [-0.39, 0.29) is 7.43 Å². The fourth-order valence-electron chi connectivity index (χ4n) is 0.747. The normalized spacial score (nSPS) is 7.53. The second-order valence-corrected chi connectivity index (χ2v) is 2.69. The van der Waals surface area contributed by atoms with Crippen LogP contribution in [0.1, 0.15) is 32.7 Å². The predicted molar refractivity (Wildman–Crippen MR) is 71.6 cm³/mol. The number of hydrogen-bond donors (Lipinski definition) is 0. The zero-order valence-corrected chi connectivity index (χ0v) is 10.3. The number of aromatic nitrogens is 4. The molecule has 0 aromatic carbocycles. The molecule has 0 amide bonds. The van der Waals surface area contributed by atoms with E-state index in [0.29, 0.717) is 0 Å². The van der Waals surface area contributed by atoms with Crippen molar-refractivity contribution in [1.29, 1.82) is 0 Å². The van der Waals surface area contributed by atoms with Crippen molar-refractivity contribution < 1.29 is 0 Å². The molecule has 0 fully saturated rings. The zero-order chi connectivity index (χ0) is 12.2. The summed E-state index contributed by atoms with van der Waals surface area (Å²) in [5, 5.41) is 0. The first-order valence-corrected chi connectivity index (χ1v) is 5.24. The Morgan fingerprint density at radius 2 is 1.06 bits per heavy atom. The lowest BCUT2D eigenvalue weighted by Crippen LogP contribution is -1.77. The fourth-order valence-corrected chi connectivity index (χ4v) is 0.747. The van der Waals surface area contributed by atoms with Gasteiger partial charge in [-0.3, -0.25) is 19.9 Å². The van der Waals surface area contributed by atoms with Crippen molar-refractivity contribution in [1.82, 2.24) is 19.9 Å². The monoisotopic (exact) mass is 234 g/mol. The second-order valence-electron chi connectivity index (χ2n) is 2.69. The molecule has 0 saturated carbocycles. The molecule has 0 bridgehead atoms. The van der Waals surface area contributed by atoms with E-state index in [1.54, 1.807) is 37.2 Å². The van der Waals surface area contributed by atoms with Crippen LogP contribution >= 0.6 is 0 Å². The fraction of sp³-hybridized carbons (Fsp3) is 0.385. The van der Waals surface area contributed by atoms with Crippen LogP contribution in [0.3, 0.4) is 0 Å². The highest BCUT2D eigenvalue weighted by atomic mass is 14.8. The largest absolute Gasteiger partial charge is 0.261 e. The molecule has 17 heavy (non-hydrogen) atoms. The Kier molecular flexibility index (Phi) is 12.6. The minimum atomic E-state index is 0. The Bertz CT molecular complexity index is 311. The summed E-state index contributed by atoms with van der Waals surface area (Å²) in [4.78, 5) is 15.5. The first kappa shape index (κ1) is 17.6. The molecule has 0 N–H and O–H groups in total. The minimum absolute atomic E-state index is 0. The van der Waals surface area contributed by atoms with Gasteiger partial charge in [-0.2, -0.15) is 0 Å². The molecule has 0 aliphatic heterocycles. The van der Waals surface area contributed by atoms with Crippen molar-refractivity contribution in [2.45, 2.75) is 35.1 Å². The smallest absolute Gasteiger partial charge is 0.0555 e. The molecule has 0 atom stereocenters. The molecule has 0 aliphatic rings. The van der Waals surface area contributed by atoms with Crippen molar-refractivity contribution in [3.8, 4) is 0 Å². The average Bonchev–Trinajstić information content (AvgIpc) is 2.34. The van der Waals surface area contributed by atoms with E-state index in [9.17, 15) is 0 Å². The van der Waals surface area contributed by atoms with Crippen LogP contribution in [0, 0.1) is 13.8 Å². The average molecular weight is 234 g/mol. The van der Waals surface area contributed by atoms with E-state index in [1.807, 2.05) is 27.7 Å². The molecule has 0 saturated heterocycles. The van der Waals surface area contributed by atoms with Gasteiger partial charge < -0.3 is 0 Å². The van der Waals surface area contributed by atoms with E-state index in [0.717, 1.165) is 11.4 Å². The Hall–Kier alpha value is -1.84. The maximum absolute atomic E-state index is 3.92. The lowest BCUT2D eigenvalue weighted by Gasteiger charge is -1.81. The molecule has 0 unspecified atom stereocenters. The van der Waals surface area contributed by atoms with Gasteiger partial charge in [-0.1, -0.05) is 21.3 Å². The van der Waals surface area contributed by atoms with Crippen molar-refractivity contribution in [3.05, 3.63) is 48.6 Å². The van der Waals surface area contributed by atoms with Crippen LogP contribution in [0.2, 0.25) is 0 Å². The summed E-state index contributed by atoms with van der Waals surface area (Å²) in [6.45, 7) is 7.82. The standard InChI is InChI=1S/2C5H6N2.C2H6.CH4/c2*1-5-4-6-2-3-7-5;1-2;/h2*2-4H,1H3;1-2H3;1H4. The summed E-state index contributed by atoms with van der Waals surface area (Å²) in [5.41, 5.74) is 1.92. The van der Waals surface area contributed by atoms with E-state index in [2.05, 4.69) is 19.9 Å². The Labute approximate surface area is 104 Å². The molecule has 0 aliphatic carbocycles. The summed E-state index contributed by atoms with van der Waals surface area (Å²) in [5.74, 6) is 0. The van der Waals surface area contributed by atoms with Gasteiger partial charge in [0.2, 0.25) is 0 Å². The summed E-state index contributed by atoms with van der Waals surface area (Å²) in [6, 6.07) is 0. The highest BCUT2D eigenvalue weighted by Gasteiger charge is 1.75. The van der Waals surface area contributed by atoms with Gasteiger partial charge in [0, 0.05) is 37.2 Å². The third-order valence-electron chi connectivity index (χ3n) is 1.38. The maximum atomic E-state index is 3.92. The van der Waals surface area contributed by atoms with E-state index in [4.69, 9.17) is 0 Å². The Morgan fingerprint density at radius 1 is 0.706 bits per heavy atom. The topological polar surface area (TPSA) is 51.6 Å². The quantitative estimate of drug-likeness (QED) is 0.702. The first-order valence-electron chi connectivity index (χ1n) is 5.24. The van der Waals surface area contributed by atoms with Gasteiger partial charge in [-0.25, -0.2) is 0 Å². The van der Waals surface area contributed by atoms with E-state index >= 15 is 0 Å². The van der Waals surface area contributed by atoms with Crippen LogP contribution in [0.25, 0.3) is 0 Å². The van der Waals surface area contributed by atoms with Gasteiger partial charge in [0.25, 0.3) is 0 Å². The van der Waals surface area contributed by atoms with E-state index in [1.165, 1.54) is 0 Å². The van der Waals surface area contributed by atoms with E-state index < -0.39 is 0 Å². The molecule has 0 radical (unpaired) electrons. The third kappa shape index (κ3) is 10.4. The summed E-state index contributed by atoms with van der Waals surface area (Å²) in [6.07, 6.45) is 10.1. The number of nitrogens with zero attached hydrogens (tertiary/aromatic N) is 4. The van der Waals surface area contributed by atoms with Crippen LogP contribution in [0.4, 0.5) is 0 Å². The molecule has 0 spiro atoms. The van der Waals surface area contributed by atoms with Crippen LogP contribution in [-0.2, 0) is 0 Å². The molecular weight excluding hydrogens is 212 g/mol. The van der Waals surface area contributed by atoms with Crippen LogP contribution < -0.4 is 0 Å². The predicted octanol–water partition coefficient (Wildman–Crippen LogP) is 3.23. The third-order valence-corrected chi connectivity index (χ3v) is 1.38.